The van der Waals surface area contributed by atoms with Crippen LogP contribution in [-0.2, 0) is 4.79 Å². The summed E-state index contributed by atoms with van der Waals surface area (Å²) in [6.45, 7) is 1.79. The van der Waals surface area contributed by atoms with Crippen molar-refractivity contribution in [3.63, 3.8) is 0 Å². The molecule has 2 fully saturated rings. The smallest absolute Gasteiger partial charge is 0.306 e. The molecule has 0 aromatic carbocycles. The molecular formula is C16H30Cl3N5O2. The van der Waals surface area contributed by atoms with Crippen molar-refractivity contribution in [1.29, 1.82) is 0 Å². The van der Waals surface area contributed by atoms with E-state index in [2.05, 4.69) is 26.2 Å². The van der Waals surface area contributed by atoms with Gasteiger partial charge in [0.1, 0.15) is 12.5 Å². The lowest BCUT2D eigenvalue weighted by molar-refractivity contribution is -0.143. The molecule has 5 N–H and O–H groups in total. The second kappa shape index (κ2) is 10.1. The first-order chi connectivity index (χ1) is 12.2. The van der Waals surface area contributed by atoms with Crippen LogP contribution in [0.5, 0.6) is 0 Å². The predicted octanol–water partition coefficient (Wildman–Crippen LogP) is 1.51. The van der Waals surface area contributed by atoms with Gasteiger partial charge in [-0.1, -0.05) is 41.2 Å². The average molecular weight is 431 g/mol. The summed E-state index contributed by atoms with van der Waals surface area (Å²) in [5.41, 5.74) is 0. The lowest BCUT2D eigenvalue weighted by atomic mass is 9.79. The van der Waals surface area contributed by atoms with Gasteiger partial charge in [-0.3, -0.25) is 26.1 Å². The fourth-order valence-electron chi connectivity index (χ4n) is 3.65. The minimum Gasteiger partial charge on any atom is -0.481 e. The number of nitrogens with one attached hydrogen (secondary N) is 4. The molecule has 1 aliphatic heterocycles. The summed E-state index contributed by atoms with van der Waals surface area (Å²) in [5.74, 6) is -0.849. The normalized spacial score (nSPS) is 33.4. The molecule has 0 spiro atoms. The maximum absolute atomic E-state index is 11.4. The Bertz CT molecular complexity index is 464. The second-order valence-electron chi connectivity index (χ2n) is 7.46. The van der Waals surface area contributed by atoms with Gasteiger partial charge in [-0.05, 0) is 58.8 Å². The average Bonchev–Trinajstić information content (AvgIpc) is 2.57. The Balaban J connectivity index is 1.97. The van der Waals surface area contributed by atoms with E-state index < -0.39 is 15.9 Å². The van der Waals surface area contributed by atoms with Crippen LogP contribution in [0, 0.1) is 11.8 Å². The number of carboxylic acid groups (broad SMARTS) is 1. The molecule has 7 nitrogen and oxygen atoms in total. The van der Waals surface area contributed by atoms with Gasteiger partial charge in [-0.25, -0.2) is 0 Å². The highest BCUT2D eigenvalue weighted by Gasteiger charge is 2.42. The van der Waals surface area contributed by atoms with Crippen molar-refractivity contribution in [3.8, 4) is 0 Å². The number of carboxylic acids is 1. The van der Waals surface area contributed by atoms with Gasteiger partial charge >= 0.3 is 5.97 Å². The Morgan fingerprint density at radius 3 is 2.58 bits per heavy atom. The molecule has 26 heavy (non-hydrogen) atoms. The van der Waals surface area contributed by atoms with Gasteiger partial charge in [0.15, 0.2) is 0 Å². The number of nitrogens with zero attached hydrogens (tertiary/aromatic N) is 1. The molecule has 0 amide bonds. The third-order valence-corrected chi connectivity index (χ3v) is 5.67. The molecular weight excluding hydrogens is 401 g/mol. The van der Waals surface area contributed by atoms with Crippen molar-refractivity contribution < 1.29 is 9.90 Å². The van der Waals surface area contributed by atoms with E-state index >= 15 is 0 Å². The van der Waals surface area contributed by atoms with Crippen LogP contribution in [0.25, 0.3) is 0 Å². The summed E-state index contributed by atoms with van der Waals surface area (Å²) in [6.07, 6.45) is 3.34. The van der Waals surface area contributed by atoms with E-state index in [9.17, 15) is 9.90 Å². The second-order valence-corrected chi connectivity index (χ2v) is 9.83. The van der Waals surface area contributed by atoms with E-state index in [1.807, 2.05) is 14.1 Å². The van der Waals surface area contributed by atoms with Crippen molar-refractivity contribution in [2.75, 3.05) is 27.2 Å². The van der Waals surface area contributed by atoms with Crippen molar-refractivity contribution in [3.05, 3.63) is 0 Å². The van der Waals surface area contributed by atoms with Crippen LogP contribution in [0.15, 0.2) is 0 Å². The molecule has 152 valence electrons. The maximum atomic E-state index is 11.4. The SMILES string of the molecule is CN(C)CCCNC1NC(C2CCCC(C(=O)O)C2)NC(C(Cl)(Cl)Cl)N1. The van der Waals surface area contributed by atoms with Gasteiger partial charge in [0.05, 0.1) is 12.1 Å². The lowest BCUT2D eigenvalue weighted by Gasteiger charge is -2.45. The largest absolute Gasteiger partial charge is 0.481 e. The number of alkyl halides is 3. The highest BCUT2D eigenvalue weighted by molar-refractivity contribution is 6.68. The zero-order chi connectivity index (χ0) is 19.3. The van der Waals surface area contributed by atoms with E-state index in [4.69, 9.17) is 34.8 Å². The molecule has 1 saturated carbocycles. The van der Waals surface area contributed by atoms with Crippen molar-refractivity contribution in [2.45, 2.75) is 54.5 Å². The van der Waals surface area contributed by atoms with E-state index in [-0.39, 0.29) is 24.3 Å². The van der Waals surface area contributed by atoms with Gasteiger partial charge < -0.3 is 10.0 Å². The maximum Gasteiger partial charge on any atom is 0.306 e. The molecule has 1 saturated heterocycles. The molecule has 1 heterocycles. The summed E-state index contributed by atoms with van der Waals surface area (Å²) in [4.78, 5) is 13.5. The number of hydrogen-bond acceptors (Lipinski definition) is 6. The molecule has 0 aromatic heterocycles. The summed E-state index contributed by atoms with van der Waals surface area (Å²) < 4.78 is -1.51. The summed E-state index contributed by atoms with van der Waals surface area (Å²) in [6, 6.07) is 0. The first-order valence-corrected chi connectivity index (χ1v) is 10.3. The Morgan fingerprint density at radius 1 is 1.23 bits per heavy atom. The van der Waals surface area contributed by atoms with Gasteiger partial charge in [0.25, 0.3) is 0 Å². The predicted molar refractivity (Wildman–Crippen MR) is 105 cm³/mol. The molecule has 2 aliphatic rings. The first kappa shape index (κ1) is 22.4. The minimum absolute atomic E-state index is 0.120. The van der Waals surface area contributed by atoms with Crippen LogP contribution in [0.1, 0.15) is 32.1 Å². The van der Waals surface area contributed by atoms with Crippen LogP contribution in [0.4, 0.5) is 0 Å². The van der Waals surface area contributed by atoms with E-state index in [1.165, 1.54) is 0 Å². The number of carbonyl (C=O) groups is 1. The zero-order valence-electron chi connectivity index (χ0n) is 15.3. The van der Waals surface area contributed by atoms with Crippen LogP contribution in [0.3, 0.4) is 0 Å². The molecule has 5 atom stereocenters. The minimum atomic E-state index is -1.51. The van der Waals surface area contributed by atoms with Crippen molar-refractivity contribution >= 4 is 40.8 Å². The third-order valence-electron chi connectivity index (χ3n) is 5.02. The van der Waals surface area contributed by atoms with Gasteiger partial charge in [0.2, 0.25) is 3.79 Å². The molecule has 5 unspecified atom stereocenters. The Kier molecular flexibility index (Phi) is 8.69. The van der Waals surface area contributed by atoms with E-state index in [0.717, 1.165) is 38.8 Å². The molecule has 0 bridgehead atoms. The topological polar surface area (TPSA) is 88.7 Å². The Morgan fingerprint density at radius 2 is 1.96 bits per heavy atom. The Labute approximate surface area is 170 Å². The number of aliphatic carboxylic acids is 1. The molecule has 2 rings (SSSR count). The zero-order valence-corrected chi connectivity index (χ0v) is 17.5. The monoisotopic (exact) mass is 429 g/mol. The van der Waals surface area contributed by atoms with E-state index in [0.29, 0.717) is 6.42 Å². The number of rotatable bonds is 7. The third kappa shape index (κ3) is 6.95. The molecule has 0 radical (unpaired) electrons. The van der Waals surface area contributed by atoms with Crippen molar-refractivity contribution in [2.24, 2.45) is 11.8 Å². The quantitative estimate of drug-likeness (QED) is 0.309. The van der Waals surface area contributed by atoms with Crippen molar-refractivity contribution in [1.82, 2.24) is 26.2 Å². The van der Waals surface area contributed by atoms with Gasteiger partial charge in [0, 0.05) is 0 Å². The highest BCUT2D eigenvalue weighted by Crippen LogP contribution is 2.34. The standard InChI is InChI=1S/C16H30Cl3N5O2/c1-24(2)8-4-7-20-15-22-12(21-14(23-15)16(17,18)19)10-5-3-6-11(9-10)13(25)26/h10-12,14-15,20-23H,3-9H2,1-2H3,(H,25,26). The molecule has 0 aromatic rings. The van der Waals surface area contributed by atoms with Gasteiger partial charge in [-0.15, -0.1) is 0 Å². The molecule has 10 heteroatoms. The van der Waals surface area contributed by atoms with E-state index in [1.54, 1.807) is 0 Å². The summed E-state index contributed by atoms with van der Waals surface area (Å²) >= 11 is 18.3. The van der Waals surface area contributed by atoms with Gasteiger partial charge in [-0.2, -0.15) is 0 Å². The van der Waals surface area contributed by atoms with Crippen LogP contribution >= 0.6 is 34.8 Å². The van der Waals surface area contributed by atoms with Crippen LogP contribution < -0.4 is 21.3 Å². The Hall–Kier alpha value is 0.140. The lowest BCUT2D eigenvalue weighted by Crippen LogP contribution is -2.75. The summed E-state index contributed by atoms with van der Waals surface area (Å²) in [5, 5.41) is 22.7. The number of halogens is 3. The summed E-state index contributed by atoms with van der Waals surface area (Å²) in [7, 11) is 4.08. The van der Waals surface area contributed by atoms with Crippen LogP contribution in [-0.4, -0.2) is 65.6 Å². The van der Waals surface area contributed by atoms with Crippen LogP contribution in [0.2, 0.25) is 0 Å². The fourth-order valence-corrected chi connectivity index (χ4v) is 4.02. The first-order valence-electron chi connectivity index (χ1n) is 9.12. The fraction of sp³-hybridized carbons (Fsp3) is 0.938. The molecule has 1 aliphatic carbocycles. The number of hydrogen-bond donors (Lipinski definition) is 5. The highest BCUT2D eigenvalue weighted by atomic mass is 35.6.